The standard InChI is InChI=1S/C9H9BrN2O/c1-6-5-13-9(12-6)8-3-2-7(10)4-11-8/h2-4,6H,5H2,1H3/t6-/m0/s1. The first kappa shape index (κ1) is 8.69. The second-order valence-corrected chi connectivity index (χ2v) is 3.87. The Kier molecular flexibility index (Phi) is 2.31. The summed E-state index contributed by atoms with van der Waals surface area (Å²) in [6.45, 7) is 2.68. The second-order valence-electron chi connectivity index (χ2n) is 2.96. The maximum absolute atomic E-state index is 5.36. The molecular formula is C9H9BrN2O. The van der Waals surface area contributed by atoms with E-state index in [0.717, 1.165) is 10.2 Å². The molecule has 0 amide bonds. The van der Waals surface area contributed by atoms with E-state index >= 15 is 0 Å². The number of aromatic nitrogens is 1. The van der Waals surface area contributed by atoms with Crippen molar-refractivity contribution >= 4 is 21.8 Å². The summed E-state index contributed by atoms with van der Waals surface area (Å²) in [5, 5.41) is 0. The van der Waals surface area contributed by atoms with Crippen molar-refractivity contribution in [2.75, 3.05) is 6.61 Å². The van der Waals surface area contributed by atoms with Gasteiger partial charge in [-0.15, -0.1) is 0 Å². The molecule has 1 aliphatic heterocycles. The number of halogens is 1. The Morgan fingerprint density at radius 2 is 2.38 bits per heavy atom. The molecule has 2 rings (SSSR count). The van der Waals surface area contributed by atoms with Crippen LogP contribution in [0.3, 0.4) is 0 Å². The van der Waals surface area contributed by atoms with E-state index < -0.39 is 0 Å². The molecule has 13 heavy (non-hydrogen) atoms. The van der Waals surface area contributed by atoms with E-state index in [4.69, 9.17) is 4.74 Å². The first-order valence-electron chi connectivity index (χ1n) is 4.08. The summed E-state index contributed by atoms with van der Waals surface area (Å²) in [6.07, 6.45) is 1.74. The molecule has 0 N–H and O–H groups in total. The lowest BCUT2D eigenvalue weighted by Crippen LogP contribution is -2.03. The number of ether oxygens (including phenoxy) is 1. The molecule has 0 spiro atoms. The number of pyridine rings is 1. The molecule has 2 heterocycles. The average molecular weight is 241 g/mol. The molecule has 1 aliphatic rings. The van der Waals surface area contributed by atoms with E-state index in [1.165, 1.54) is 0 Å². The van der Waals surface area contributed by atoms with Gasteiger partial charge in [0.2, 0.25) is 5.90 Å². The summed E-state index contributed by atoms with van der Waals surface area (Å²) in [7, 11) is 0. The third-order valence-electron chi connectivity index (χ3n) is 1.75. The number of aliphatic imine (C=N–C) groups is 1. The minimum absolute atomic E-state index is 0.250. The van der Waals surface area contributed by atoms with E-state index in [1.807, 2.05) is 19.1 Å². The Labute approximate surface area is 85.0 Å². The normalized spacial score (nSPS) is 21.1. The van der Waals surface area contributed by atoms with Crippen LogP contribution >= 0.6 is 15.9 Å². The van der Waals surface area contributed by atoms with E-state index in [1.54, 1.807) is 6.20 Å². The highest BCUT2D eigenvalue weighted by Crippen LogP contribution is 2.12. The molecule has 68 valence electrons. The fraction of sp³-hybridized carbons (Fsp3) is 0.333. The van der Waals surface area contributed by atoms with Crippen LogP contribution in [-0.2, 0) is 4.74 Å². The van der Waals surface area contributed by atoms with Crippen LogP contribution in [0.15, 0.2) is 27.8 Å². The smallest absolute Gasteiger partial charge is 0.235 e. The Bertz CT molecular complexity index is 334. The third-order valence-corrected chi connectivity index (χ3v) is 2.21. The van der Waals surface area contributed by atoms with Crippen molar-refractivity contribution in [2.45, 2.75) is 13.0 Å². The highest BCUT2D eigenvalue weighted by molar-refractivity contribution is 9.10. The van der Waals surface area contributed by atoms with Crippen LogP contribution in [-0.4, -0.2) is 23.5 Å². The molecule has 0 fully saturated rings. The van der Waals surface area contributed by atoms with Crippen LogP contribution in [0.2, 0.25) is 0 Å². The molecule has 4 heteroatoms. The van der Waals surface area contributed by atoms with Crippen LogP contribution < -0.4 is 0 Å². The van der Waals surface area contributed by atoms with Crippen molar-refractivity contribution in [3.63, 3.8) is 0 Å². The Morgan fingerprint density at radius 3 is 2.92 bits per heavy atom. The largest absolute Gasteiger partial charge is 0.474 e. The first-order chi connectivity index (χ1) is 6.25. The van der Waals surface area contributed by atoms with Gasteiger partial charge in [-0.1, -0.05) is 0 Å². The van der Waals surface area contributed by atoms with Crippen molar-refractivity contribution in [3.05, 3.63) is 28.5 Å². The number of rotatable bonds is 1. The molecule has 0 aromatic carbocycles. The summed E-state index contributed by atoms with van der Waals surface area (Å²) in [6, 6.07) is 4.07. The molecule has 1 atom stereocenters. The number of hydrogen-bond acceptors (Lipinski definition) is 3. The van der Waals surface area contributed by atoms with Gasteiger partial charge in [-0.05, 0) is 35.0 Å². The monoisotopic (exact) mass is 240 g/mol. The fourth-order valence-electron chi connectivity index (χ4n) is 1.12. The number of hydrogen-bond donors (Lipinski definition) is 0. The van der Waals surface area contributed by atoms with Crippen molar-refractivity contribution in [1.82, 2.24) is 4.98 Å². The Hall–Kier alpha value is -0.900. The SMILES string of the molecule is C[C@H]1COC(c2ccc(Br)cn2)=N1. The van der Waals surface area contributed by atoms with Crippen molar-refractivity contribution in [1.29, 1.82) is 0 Å². The van der Waals surface area contributed by atoms with Crippen LogP contribution in [0.25, 0.3) is 0 Å². The predicted molar refractivity (Wildman–Crippen MR) is 53.9 cm³/mol. The minimum atomic E-state index is 0.250. The Morgan fingerprint density at radius 1 is 1.54 bits per heavy atom. The third kappa shape index (κ3) is 1.88. The van der Waals surface area contributed by atoms with Crippen molar-refractivity contribution < 1.29 is 4.74 Å². The van der Waals surface area contributed by atoms with E-state index in [9.17, 15) is 0 Å². The molecule has 3 nitrogen and oxygen atoms in total. The van der Waals surface area contributed by atoms with Crippen LogP contribution in [0.1, 0.15) is 12.6 Å². The van der Waals surface area contributed by atoms with Gasteiger partial charge in [0.05, 0.1) is 6.04 Å². The van der Waals surface area contributed by atoms with Gasteiger partial charge in [0, 0.05) is 10.7 Å². The number of nitrogens with zero attached hydrogens (tertiary/aromatic N) is 2. The van der Waals surface area contributed by atoms with Crippen molar-refractivity contribution in [2.24, 2.45) is 4.99 Å². The van der Waals surface area contributed by atoms with Crippen molar-refractivity contribution in [3.8, 4) is 0 Å². The summed E-state index contributed by atoms with van der Waals surface area (Å²) in [4.78, 5) is 8.50. The van der Waals surface area contributed by atoms with Gasteiger partial charge in [-0.25, -0.2) is 4.99 Å². The molecule has 0 bridgehead atoms. The lowest BCUT2D eigenvalue weighted by molar-refractivity contribution is 0.323. The van der Waals surface area contributed by atoms with E-state index in [0.29, 0.717) is 12.5 Å². The fourth-order valence-corrected chi connectivity index (χ4v) is 1.35. The molecule has 0 saturated heterocycles. The van der Waals surface area contributed by atoms with Gasteiger partial charge < -0.3 is 4.74 Å². The zero-order valence-electron chi connectivity index (χ0n) is 7.20. The van der Waals surface area contributed by atoms with E-state index in [2.05, 4.69) is 25.9 Å². The molecule has 1 aromatic rings. The second kappa shape index (κ2) is 3.46. The lowest BCUT2D eigenvalue weighted by atomic mass is 10.3. The zero-order chi connectivity index (χ0) is 9.26. The summed E-state index contributed by atoms with van der Waals surface area (Å²) < 4.78 is 6.32. The highest BCUT2D eigenvalue weighted by atomic mass is 79.9. The van der Waals surface area contributed by atoms with Gasteiger partial charge in [-0.3, -0.25) is 4.98 Å². The average Bonchev–Trinajstić information content (AvgIpc) is 2.53. The quantitative estimate of drug-likeness (QED) is 0.753. The van der Waals surface area contributed by atoms with Gasteiger partial charge in [0.1, 0.15) is 12.3 Å². The maximum Gasteiger partial charge on any atom is 0.235 e. The highest BCUT2D eigenvalue weighted by Gasteiger charge is 2.16. The van der Waals surface area contributed by atoms with Crippen LogP contribution in [0, 0.1) is 0 Å². The summed E-state index contributed by atoms with van der Waals surface area (Å²) >= 11 is 3.32. The minimum Gasteiger partial charge on any atom is -0.474 e. The molecule has 0 radical (unpaired) electrons. The maximum atomic E-state index is 5.36. The molecule has 0 saturated carbocycles. The van der Waals surface area contributed by atoms with E-state index in [-0.39, 0.29) is 6.04 Å². The topological polar surface area (TPSA) is 34.5 Å². The van der Waals surface area contributed by atoms with Crippen LogP contribution in [0.4, 0.5) is 0 Å². The summed E-state index contributed by atoms with van der Waals surface area (Å²) in [5.74, 6) is 0.653. The van der Waals surface area contributed by atoms with Gasteiger partial charge >= 0.3 is 0 Å². The van der Waals surface area contributed by atoms with Crippen LogP contribution in [0.5, 0.6) is 0 Å². The van der Waals surface area contributed by atoms with Gasteiger partial charge in [-0.2, -0.15) is 0 Å². The molecule has 0 aliphatic carbocycles. The molecule has 0 unspecified atom stereocenters. The summed E-state index contributed by atoms with van der Waals surface area (Å²) in [5.41, 5.74) is 0.799. The first-order valence-corrected chi connectivity index (χ1v) is 4.87. The predicted octanol–water partition coefficient (Wildman–Crippen LogP) is 2.01. The van der Waals surface area contributed by atoms with Gasteiger partial charge in [0.15, 0.2) is 0 Å². The zero-order valence-corrected chi connectivity index (χ0v) is 8.78. The molecule has 1 aromatic heterocycles. The molecular weight excluding hydrogens is 232 g/mol. The van der Waals surface area contributed by atoms with Gasteiger partial charge in [0.25, 0.3) is 0 Å². The Balaban J connectivity index is 2.26. The lowest BCUT2D eigenvalue weighted by Gasteiger charge is -1.99.